The Balaban J connectivity index is 1.86. The zero-order chi connectivity index (χ0) is 19.7. The standard InChI is InChI=1S/C23H22N4O/c1-14-5-8-18(9-6-14)22-13-20(19-11-15(2)7-10-21(19)28-22)26-27-23-24-16(3)12-17(4)25-23/h5-13H,1-4H3,(H,24,25,27)/b26-20-. The summed E-state index contributed by atoms with van der Waals surface area (Å²) in [5.74, 6) is 1.24. The van der Waals surface area contributed by atoms with Crippen molar-refractivity contribution in [1.29, 1.82) is 0 Å². The Labute approximate surface area is 163 Å². The Morgan fingerprint density at radius 3 is 2.18 bits per heavy atom. The first-order valence-electron chi connectivity index (χ1n) is 9.21. The first kappa shape index (κ1) is 17.9. The molecule has 0 unspecified atom stereocenters. The van der Waals surface area contributed by atoms with Crippen molar-refractivity contribution in [3.63, 3.8) is 0 Å². The van der Waals surface area contributed by atoms with Gasteiger partial charge in [-0.3, -0.25) is 0 Å². The maximum atomic E-state index is 6.15. The van der Waals surface area contributed by atoms with Gasteiger partial charge in [0.1, 0.15) is 11.3 Å². The molecular formula is C23H22N4O. The smallest absolute Gasteiger partial charge is 0.243 e. The van der Waals surface area contributed by atoms with Gasteiger partial charge in [0.05, 0.1) is 5.36 Å². The highest BCUT2D eigenvalue weighted by Crippen LogP contribution is 2.23. The summed E-state index contributed by atoms with van der Waals surface area (Å²) < 4.78 is 6.15. The molecule has 4 rings (SSSR count). The summed E-state index contributed by atoms with van der Waals surface area (Å²) in [4.78, 5) is 8.80. The number of anilines is 1. The van der Waals surface area contributed by atoms with E-state index in [0.29, 0.717) is 5.95 Å². The number of rotatable bonds is 3. The lowest BCUT2D eigenvalue weighted by atomic mass is 10.1. The topological polar surface area (TPSA) is 63.3 Å². The van der Waals surface area contributed by atoms with E-state index in [1.807, 2.05) is 38.1 Å². The van der Waals surface area contributed by atoms with Crippen molar-refractivity contribution in [3.8, 4) is 11.3 Å². The molecule has 0 fully saturated rings. The van der Waals surface area contributed by atoms with E-state index < -0.39 is 0 Å². The Morgan fingerprint density at radius 2 is 1.46 bits per heavy atom. The number of benzene rings is 2. The van der Waals surface area contributed by atoms with Crippen LogP contribution >= 0.6 is 0 Å². The largest absolute Gasteiger partial charge is 0.456 e. The molecule has 0 aliphatic carbocycles. The zero-order valence-corrected chi connectivity index (χ0v) is 16.4. The molecule has 0 saturated carbocycles. The van der Waals surface area contributed by atoms with E-state index >= 15 is 0 Å². The molecule has 140 valence electrons. The average Bonchev–Trinajstić information content (AvgIpc) is 2.66. The Bertz CT molecular complexity index is 1200. The predicted octanol–water partition coefficient (Wildman–Crippen LogP) is 5.05. The zero-order valence-electron chi connectivity index (χ0n) is 16.4. The van der Waals surface area contributed by atoms with E-state index in [1.54, 1.807) is 0 Å². The van der Waals surface area contributed by atoms with Gasteiger partial charge in [-0.2, -0.15) is 5.10 Å². The lowest BCUT2D eigenvalue weighted by molar-refractivity contribution is 0.618. The van der Waals surface area contributed by atoms with Crippen LogP contribution in [0.3, 0.4) is 0 Å². The van der Waals surface area contributed by atoms with Gasteiger partial charge < -0.3 is 4.42 Å². The molecule has 0 aliphatic rings. The van der Waals surface area contributed by atoms with Crippen LogP contribution in [0, 0.1) is 27.7 Å². The van der Waals surface area contributed by atoms with E-state index in [0.717, 1.165) is 44.6 Å². The molecule has 0 bridgehead atoms. The summed E-state index contributed by atoms with van der Waals surface area (Å²) in [6.45, 7) is 8.00. The lowest BCUT2D eigenvalue weighted by Crippen LogP contribution is -2.09. The quantitative estimate of drug-likeness (QED) is 0.513. The fourth-order valence-corrected chi connectivity index (χ4v) is 3.12. The van der Waals surface area contributed by atoms with Crippen LogP contribution in [-0.4, -0.2) is 9.97 Å². The van der Waals surface area contributed by atoms with Gasteiger partial charge in [0, 0.05) is 28.4 Å². The summed E-state index contributed by atoms with van der Waals surface area (Å²) in [6.07, 6.45) is 0. The number of aryl methyl sites for hydroxylation is 4. The molecule has 5 nitrogen and oxygen atoms in total. The Hall–Kier alpha value is -3.47. The molecule has 5 heteroatoms. The third-order valence-corrected chi connectivity index (χ3v) is 4.49. The molecule has 28 heavy (non-hydrogen) atoms. The van der Waals surface area contributed by atoms with Crippen LogP contribution in [0.4, 0.5) is 5.95 Å². The SMILES string of the molecule is Cc1ccc(-c2c/c(=N/Nc3nc(C)cc(C)n3)c3cc(C)ccc3o2)cc1. The summed E-state index contributed by atoms with van der Waals surface area (Å²) in [5, 5.41) is 6.32. The van der Waals surface area contributed by atoms with Crippen molar-refractivity contribution in [2.75, 3.05) is 5.43 Å². The van der Waals surface area contributed by atoms with Crippen molar-refractivity contribution in [2.45, 2.75) is 27.7 Å². The van der Waals surface area contributed by atoms with Crippen molar-refractivity contribution >= 4 is 16.9 Å². The summed E-state index contributed by atoms with van der Waals surface area (Å²) in [7, 11) is 0. The van der Waals surface area contributed by atoms with Gasteiger partial charge >= 0.3 is 0 Å². The van der Waals surface area contributed by atoms with Crippen molar-refractivity contribution in [3.05, 3.63) is 82.5 Å². The monoisotopic (exact) mass is 370 g/mol. The number of nitrogens with zero attached hydrogens (tertiary/aromatic N) is 3. The first-order valence-corrected chi connectivity index (χ1v) is 9.21. The molecule has 2 aromatic heterocycles. The molecular weight excluding hydrogens is 348 g/mol. The maximum Gasteiger partial charge on any atom is 0.243 e. The van der Waals surface area contributed by atoms with Crippen LogP contribution in [0.15, 0.2) is 64.1 Å². The summed E-state index contributed by atoms with van der Waals surface area (Å²) >= 11 is 0. The molecule has 2 heterocycles. The van der Waals surface area contributed by atoms with Crippen molar-refractivity contribution in [2.24, 2.45) is 5.10 Å². The second-order valence-electron chi connectivity index (χ2n) is 7.06. The highest BCUT2D eigenvalue weighted by atomic mass is 16.3. The molecule has 0 radical (unpaired) electrons. The highest BCUT2D eigenvalue weighted by Gasteiger charge is 2.07. The van der Waals surface area contributed by atoms with Crippen LogP contribution in [0.2, 0.25) is 0 Å². The molecule has 0 spiro atoms. The highest BCUT2D eigenvalue weighted by molar-refractivity contribution is 5.79. The minimum absolute atomic E-state index is 0.482. The minimum atomic E-state index is 0.482. The summed E-state index contributed by atoms with van der Waals surface area (Å²) in [6, 6.07) is 18.2. The van der Waals surface area contributed by atoms with Gasteiger partial charge in [0.15, 0.2) is 0 Å². The first-order chi connectivity index (χ1) is 13.5. The Kier molecular flexibility index (Phi) is 4.65. The molecule has 0 atom stereocenters. The Morgan fingerprint density at radius 1 is 0.786 bits per heavy atom. The van der Waals surface area contributed by atoms with E-state index in [2.05, 4.69) is 64.7 Å². The summed E-state index contributed by atoms with van der Waals surface area (Å²) in [5.41, 5.74) is 8.94. The van der Waals surface area contributed by atoms with E-state index in [9.17, 15) is 0 Å². The molecule has 2 aromatic carbocycles. The maximum absolute atomic E-state index is 6.15. The van der Waals surface area contributed by atoms with Crippen LogP contribution < -0.4 is 10.8 Å². The van der Waals surface area contributed by atoms with E-state index in [1.165, 1.54) is 5.56 Å². The lowest BCUT2D eigenvalue weighted by Gasteiger charge is -2.07. The number of hydrogen-bond donors (Lipinski definition) is 1. The van der Waals surface area contributed by atoms with Crippen LogP contribution in [0.25, 0.3) is 22.3 Å². The van der Waals surface area contributed by atoms with Gasteiger partial charge in [-0.25, -0.2) is 15.4 Å². The fraction of sp³-hybridized carbons (Fsp3) is 0.174. The number of nitrogens with one attached hydrogen (secondary N) is 1. The van der Waals surface area contributed by atoms with Gasteiger partial charge in [-0.05, 0) is 45.9 Å². The molecule has 0 aliphatic heterocycles. The second kappa shape index (κ2) is 7.27. The normalized spacial score (nSPS) is 11.8. The third kappa shape index (κ3) is 3.78. The molecule has 0 saturated heterocycles. The molecule has 4 aromatic rings. The third-order valence-electron chi connectivity index (χ3n) is 4.49. The molecule has 0 amide bonds. The number of aromatic nitrogens is 2. The van der Waals surface area contributed by atoms with Gasteiger partial charge in [0.2, 0.25) is 5.95 Å². The fourth-order valence-electron chi connectivity index (χ4n) is 3.12. The van der Waals surface area contributed by atoms with Gasteiger partial charge in [-0.15, -0.1) is 0 Å². The number of hydrogen-bond acceptors (Lipinski definition) is 5. The predicted molar refractivity (Wildman–Crippen MR) is 112 cm³/mol. The molecule has 1 N–H and O–H groups in total. The van der Waals surface area contributed by atoms with Crippen LogP contribution in [0.1, 0.15) is 22.5 Å². The van der Waals surface area contributed by atoms with Crippen LogP contribution in [0.5, 0.6) is 0 Å². The van der Waals surface area contributed by atoms with Crippen molar-refractivity contribution < 1.29 is 4.42 Å². The average molecular weight is 370 g/mol. The number of fused-ring (bicyclic) bond motifs is 1. The minimum Gasteiger partial charge on any atom is -0.456 e. The van der Waals surface area contributed by atoms with Crippen molar-refractivity contribution in [1.82, 2.24) is 9.97 Å². The van der Waals surface area contributed by atoms with E-state index in [-0.39, 0.29) is 0 Å². The van der Waals surface area contributed by atoms with Gasteiger partial charge in [-0.1, -0.05) is 41.5 Å². The van der Waals surface area contributed by atoms with E-state index in [4.69, 9.17) is 4.42 Å². The van der Waals surface area contributed by atoms with Gasteiger partial charge in [0.25, 0.3) is 0 Å². The van der Waals surface area contributed by atoms with Crippen LogP contribution in [-0.2, 0) is 0 Å². The second-order valence-corrected chi connectivity index (χ2v) is 7.06.